The van der Waals surface area contributed by atoms with Gasteiger partial charge in [-0.05, 0) is 37.2 Å². The zero-order chi connectivity index (χ0) is 14.3. The first-order valence-corrected chi connectivity index (χ1v) is 7.34. The van der Waals surface area contributed by atoms with Crippen LogP contribution >= 0.6 is 0 Å². The summed E-state index contributed by atoms with van der Waals surface area (Å²) >= 11 is 0. The summed E-state index contributed by atoms with van der Waals surface area (Å²) in [5.74, 6) is 1.33. The van der Waals surface area contributed by atoms with E-state index in [9.17, 15) is 0 Å². The van der Waals surface area contributed by atoms with Crippen LogP contribution in [0.2, 0.25) is 0 Å². The van der Waals surface area contributed by atoms with Gasteiger partial charge >= 0.3 is 0 Å². The molecule has 0 saturated heterocycles. The van der Waals surface area contributed by atoms with Gasteiger partial charge in [0.15, 0.2) is 0 Å². The molecule has 0 saturated carbocycles. The van der Waals surface area contributed by atoms with E-state index in [1.54, 1.807) is 0 Å². The van der Waals surface area contributed by atoms with Gasteiger partial charge in [-0.25, -0.2) is 0 Å². The van der Waals surface area contributed by atoms with Crippen LogP contribution in [0.1, 0.15) is 57.4 Å². The van der Waals surface area contributed by atoms with Crippen molar-refractivity contribution in [2.75, 3.05) is 6.61 Å². The first-order valence-electron chi connectivity index (χ1n) is 7.34. The number of rotatable bonds is 8. The van der Waals surface area contributed by atoms with Crippen LogP contribution in [0.5, 0.6) is 5.88 Å². The zero-order valence-electron chi connectivity index (χ0n) is 12.7. The molecule has 0 aliphatic carbocycles. The molecule has 4 heteroatoms. The summed E-state index contributed by atoms with van der Waals surface area (Å²) in [5.41, 5.74) is 9.13. The molecule has 1 rings (SSSR count). The minimum absolute atomic E-state index is 0.463. The fraction of sp³-hybridized carbons (Fsp3) is 0.733. The van der Waals surface area contributed by atoms with Crippen molar-refractivity contribution in [2.24, 2.45) is 11.7 Å². The molecule has 1 heterocycles. The summed E-state index contributed by atoms with van der Waals surface area (Å²) in [6.07, 6.45) is 4.02. The van der Waals surface area contributed by atoms with Gasteiger partial charge in [-0.15, -0.1) is 5.10 Å². The summed E-state index contributed by atoms with van der Waals surface area (Å²) in [5, 5.41) is 8.45. The van der Waals surface area contributed by atoms with Gasteiger partial charge in [0.25, 0.3) is 0 Å². The highest BCUT2D eigenvalue weighted by Crippen LogP contribution is 2.22. The molecule has 1 aromatic heterocycles. The van der Waals surface area contributed by atoms with Crippen molar-refractivity contribution in [3.05, 3.63) is 16.8 Å². The Morgan fingerprint density at radius 2 is 1.84 bits per heavy atom. The van der Waals surface area contributed by atoms with Gasteiger partial charge in [-0.1, -0.05) is 27.7 Å². The van der Waals surface area contributed by atoms with Crippen molar-refractivity contribution < 1.29 is 4.74 Å². The molecule has 1 aromatic rings. The third kappa shape index (κ3) is 4.46. The maximum atomic E-state index is 5.86. The molecule has 0 radical (unpaired) electrons. The predicted molar refractivity (Wildman–Crippen MR) is 78.2 cm³/mol. The second-order valence-electron chi connectivity index (χ2n) is 5.20. The average Bonchev–Trinajstić information content (AvgIpc) is 2.42. The normalized spacial score (nSPS) is 11.1. The van der Waals surface area contributed by atoms with Crippen molar-refractivity contribution in [1.29, 1.82) is 0 Å². The lowest BCUT2D eigenvalue weighted by molar-refractivity contribution is 0.280. The minimum Gasteiger partial charge on any atom is -0.476 e. The Bertz CT molecular complexity index is 391. The number of aryl methyl sites for hydroxylation is 1. The predicted octanol–water partition coefficient (Wildman–Crippen LogP) is 2.88. The second kappa shape index (κ2) is 8.10. The van der Waals surface area contributed by atoms with Gasteiger partial charge in [0, 0.05) is 12.1 Å². The molecule has 0 aliphatic heterocycles. The number of hydrogen-bond acceptors (Lipinski definition) is 4. The molecule has 4 nitrogen and oxygen atoms in total. The molecule has 0 amide bonds. The fourth-order valence-corrected chi connectivity index (χ4v) is 2.22. The second-order valence-corrected chi connectivity index (χ2v) is 5.20. The molecule has 0 aromatic carbocycles. The molecule has 0 spiro atoms. The maximum absolute atomic E-state index is 5.86. The molecular formula is C15H27N3O. The standard InChI is InChI=1S/C15H27N3O/c1-5-12-13(10-16)15(18-17-14(12)6-2)19-9-7-8-11(3)4/h11H,5-10,16H2,1-4H3. The lowest BCUT2D eigenvalue weighted by Crippen LogP contribution is -2.13. The van der Waals surface area contributed by atoms with Crippen molar-refractivity contribution in [1.82, 2.24) is 10.2 Å². The Morgan fingerprint density at radius 3 is 2.37 bits per heavy atom. The third-order valence-electron chi connectivity index (χ3n) is 3.29. The lowest BCUT2D eigenvalue weighted by Gasteiger charge is -2.14. The fourth-order valence-electron chi connectivity index (χ4n) is 2.22. The van der Waals surface area contributed by atoms with E-state index >= 15 is 0 Å². The minimum atomic E-state index is 0.463. The van der Waals surface area contributed by atoms with Gasteiger partial charge in [-0.3, -0.25) is 0 Å². The largest absolute Gasteiger partial charge is 0.476 e. The average molecular weight is 265 g/mol. The number of aromatic nitrogens is 2. The molecule has 2 N–H and O–H groups in total. The van der Waals surface area contributed by atoms with E-state index in [1.165, 1.54) is 12.0 Å². The van der Waals surface area contributed by atoms with Crippen molar-refractivity contribution in [3.63, 3.8) is 0 Å². The summed E-state index contributed by atoms with van der Waals surface area (Å²) in [4.78, 5) is 0. The van der Waals surface area contributed by atoms with E-state index < -0.39 is 0 Å². The number of nitrogens with two attached hydrogens (primary N) is 1. The number of hydrogen-bond donors (Lipinski definition) is 1. The SMILES string of the molecule is CCc1nnc(OCCCC(C)C)c(CN)c1CC. The summed E-state index contributed by atoms with van der Waals surface area (Å²) in [7, 11) is 0. The van der Waals surface area contributed by atoms with E-state index in [4.69, 9.17) is 10.5 Å². The van der Waals surface area contributed by atoms with Crippen LogP contribution in [0.4, 0.5) is 0 Å². The quantitative estimate of drug-likeness (QED) is 0.734. The van der Waals surface area contributed by atoms with Crippen molar-refractivity contribution >= 4 is 0 Å². The van der Waals surface area contributed by atoms with Crippen LogP contribution in [0.25, 0.3) is 0 Å². The van der Waals surface area contributed by atoms with E-state index in [0.717, 1.165) is 30.5 Å². The van der Waals surface area contributed by atoms with Crippen LogP contribution in [-0.2, 0) is 19.4 Å². The van der Waals surface area contributed by atoms with Gasteiger partial charge in [-0.2, -0.15) is 5.10 Å². The van der Waals surface area contributed by atoms with Gasteiger partial charge in [0.05, 0.1) is 12.3 Å². The van der Waals surface area contributed by atoms with Crippen LogP contribution in [0.3, 0.4) is 0 Å². The van der Waals surface area contributed by atoms with Gasteiger partial charge in [0.1, 0.15) is 0 Å². The first kappa shape index (κ1) is 15.9. The van der Waals surface area contributed by atoms with E-state index in [-0.39, 0.29) is 0 Å². The molecule has 19 heavy (non-hydrogen) atoms. The van der Waals surface area contributed by atoms with Gasteiger partial charge in [0.2, 0.25) is 5.88 Å². The molecule has 0 unspecified atom stereocenters. The smallest absolute Gasteiger partial charge is 0.238 e. The summed E-state index contributed by atoms with van der Waals surface area (Å²) in [6, 6.07) is 0. The Morgan fingerprint density at radius 1 is 1.11 bits per heavy atom. The maximum Gasteiger partial charge on any atom is 0.238 e. The van der Waals surface area contributed by atoms with Crippen LogP contribution in [0, 0.1) is 5.92 Å². The molecule has 0 aliphatic rings. The molecule has 0 bridgehead atoms. The van der Waals surface area contributed by atoms with Crippen molar-refractivity contribution in [3.8, 4) is 5.88 Å². The highest BCUT2D eigenvalue weighted by Gasteiger charge is 2.14. The van der Waals surface area contributed by atoms with E-state index in [1.807, 2.05) is 0 Å². The Labute approximate surface area is 116 Å². The highest BCUT2D eigenvalue weighted by molar-refractivity contribution is 5.36. The summed E-state index contributed by atoms with van der Waals surface area (Å²) in [6.45, 7) is 9.80. The Balaban J connectivity index is 2.77. The first-order chi connectivity index (χ1) is 9.13. The Kier molecular flexibility index (Phi) is 6.78. The monoisotopic (exact) mass is 265 g/mol. The number of nitrogens with zero attached hydrogens (tertiary/aromatic N) is 2. The summed E-state index contributed by atoms with van der Waals surface area (Å²) < 4.78 is 5.77. The van der Waals surface area contributed by atoms with Crippen LogP contribution in [0.15, 0.2) is 0 Å². The van der Waals surface area contributed by atoms with Crippen LogP contribution < -0.4 is 10.5 Å². The topological polar surface area (TPSA) is 61.0 Å². The molecule has 0 atom stereocenters. The molecular weight excluding hydrogens is 238 g/mol. The van der Waals surface area contributed by atoms with Gasteiger partial charge < -0.3 is 10.5 Å². The van der Waals surface area contributed by atoms with Crippen LogP contribution in [-0.4, -0.2) is 16.8 Å². The van der Waals surface area contributed by atoms with Crippen molar-refractivity contribution in [2.45, 2.75) is 59.9 Å². The highest BCUT2D eigenvalue weighted by atomic mass is 16.5. The third-order valence-corrected chi connectivity index (χ3v) is 3.29. The molecule has 0 fully saturated rings. The Hall–Kier alpha value is -1.16. The zero-order valence-corrected chi connectivity index (χ0v) is 12.7. The van der Waals surface area contributed by atoms with E-state index in [2.05, 4.69) is 37.9 Å². The number of ether oxygens (including phenoxy) is 1. The lowest BCUT2D eigenvalue weighted by atomic mass is 10.0. The molecule has 108 valence electrons. The van der Waals surface area contributed by atoms with E-state index in [0.29, 0.717) is 24.9 Å².